The Labute approximate surface area is 131 Å². The fourth-order valence-electron chi connectivity index (χ4n) is 3.14. The van der Waals surface area contributed by atoms with Gasteiger partial charge in [-0.2, -0.15) is 0 Å². The molecule has 1 saturated carbocycles. The van der Waals surface area contributed by atoms with Crippen LogP contribution in [0.15, 0.2) is 29.8 Å². The van der Waals surface area contributed by atoms with Crippen molar-refractivity contribution >= 4 is 29.3 Å². The summed E-state index contributed by atoms with van der Waals surface area (Å²) in [4.78, 5) is 14.3. The number of benzene rings is 1. The number of carbonyl (C=O) groups excluding carboxylic acids is 1. The van der Waals surface area contributed by atoms with Gasteiger partial charge in [0, 0.05) is 16.8 Å². The maximum Gasteiger partial charge on any atom is 0.243 e. The Morgan fingerprint density at radius 3 is 2.86 bits per heavy atom. The summed E-state index contributed by atoms with van der Waals surface area (Å²) in [5, 5.41) is 5.34. The summed E-state index contributed by atoms with van der Waals surface area (Å²) in [6, 6.07) is 4.38. The van der Waals surface area contributed by atoms with Crippen LogP contribution >= 0.6 is 23.4 Å². The lowest BCUT2D eigenvalue weighted by Gasteiger charge is -2.29. The smallest absolute Gasteiger partial charge is 0.243 e. The van der Waals surface area contributed by atoms with E-state index in [0.29, 0.717) is 5.02 Å². The zero-order valence-electron chi connectivity index (χ0n) is 11.2. The van der Waals surface area contributed by atoms with Gasteiger partial charge < -0.3 is 10.2 Å². The number of rotatable bonds is 2. The zero-order chi connectivity index (χ0) is 14.6. The topological polar surface area (TPSA) is 32.3 Å². The molecular formula is C15H14ClFN2OS. The molecule has 1 spiro atoms. The normalized spacial score (nSPS) is 29.2. The van der Waals surface area contributed by atoms with Crippen LogP contribution in [0.3, 0.4) is 0 Å². The molecule has 21 heavy (non-hydrogen) atoms. The molecule has 1 aliphatic carbocycles. The largest absolute Gasteiger partial charge is 0.349 e. The van der Waals surface area contributed by atoms with E-state index in [9.17, 15) is 9.18 Å². The molecule has 1 N–H and O–H groups in total. The van der Waals surface area contributed by atoms with E-state index in [-0.39, 0.29) is 28.7 Å². The molecule has 1 amide bonds. The summed E-state index contributed by atoms with van der Waals surface area (Å²) < 4.78 is 13.6. The van der Waals surface area contributed by atoms with E-state index in [2.05, 4.69) is 5.32 Å². The highest BCUT2D eigenvalue weighted by atomic mass is 35.5. The minimum Gasteiger partial charge on any atom is -0.349 e. The van der Waals surface area contributed by atoms with Gasteiger partial charge in [-0.1, -0.05) is 11.6 Å². The number of thioether (sulfide) groups is 1. The number of amides is 1. The fourth-order valence-corrected chi connectivity index (χ4v) is 4.38. The quantitative estimate of drug-likeness (QED) is 0.904. The molecular weight excluding hydrogens is 311 g/mol. The van der Waals surface area contributed by atoms with Gasteiger partial charge in [-0.3, -0.25) is 4.79 Å². The predicted molar refractivity (Wildman–Crippen MR) is 81.2 cm³/mol. The molecule has 110 valence electrons. The number of nitrogens with one attached hydrogen (secondary N) is 1. The van der Waals surface area contributed by atoms with Crippen molar-refractivity contribution in [3.8, 4) is 0 Å². The molecule has 0 radical (unpaired) electrons. The van der Waals surface area contributed by atoms with Crippen LogP contribution < -0.4 is 5.32 Å². The zero-order valence-corrected chi connectivity index (χ0v) is 12.8. The van der Waals surface area contributed by atoms with E-state index in [1.165, 1.54) is 12.1 Å². The molecule has 2 aliphatic heterocycles. The van der Waals surface area contributed by atoms with Crippen molar-refractivity contribution < 1.29 is 9.18 Å². The third-order valence-electron chi connectivity index (χ3n) is 4.37. The predicted octanol–water partition coefficient (Wildman–Crippen LogP) is 3.42. The Morgan fingerprint density at radius 1 is 1.38 bits per heavy atom. The average Bonchev–Trinajstić information content (AvgIpc) is 2.86. The Hall–Kier alpha value is -1.20. The first-order valence-electron chi connectivity index (χ1n) is 6.94. The van der Waals surface area contributed by atoms with Crippen LogP contribution in [-0.4, -0.2) is 22.4 Å². The molecule has 3 nitrogen and oxygen atoms in total. The van der Waals surface area contributed by atoms with Gasteiger partial charge in [0.05, 0.1) is 0 Å². The third-order valence-corrected chi connectivity index (χ3v) is 5.64. The summed E-state index contributed by atoms with van der Waals surface area (Å²) in [5.41, 5.74) is 0.826. The van der Waals surface area contributed by atoms with Crippen molar-refractivity contribution in [1.29, 1.82) is 0 Å². The summed E-state index contributed by atoms with van der Waals surface area (Å²) in [6.07, 6.45) is 4.89. The number of nitrogens with zero attached hydrogens (tertiary/aromatic N) is 1. The molecule has 0 bridgehead atoms. The molecule has 2 heterocycles. The Kier molecular flexibility index (Phi) is 2.98. The van der Waals surface area contributed by atoms with E-state index in [1.807, 2.05) is 16.5 Å². The summed E-state index contributed by atoms with van der Waals surface area (Å²) >= 11 is 7.52. The van der Waals surface area contributed by atoms with Gasteiger partial charge in [-0.25, -0.2) is 4.39 Å². The number of hydrogen-bond acceptors (Lipinski definition) is 3. The van der Waals surface area contributed by atoms with Crippen molar-refractivity contribution in [1.82, 2.24) is 10.2 Å². The molecule has 1 aromatic rings. The van der Waals surface area contributed by atoms with Gasteiger partial charge >= 0.3 is 0 Å². The molecule has 4 rings (SSSR count). The standard InChI is InChI=1S/C15H14ClFN2OS/c16-10-5-9(6-11(17)7-10)14-19(3-4-21-14)12-8-15(1-2-15)18-13(12)20/h3-7,12,14H,1-2,8H2,(H,18,20)/t12?,14-/m1/s1. The van der Waals surface area contributed by atoms with Crippen LogP contribution in [0.25, 0.3) is 0 Å². The van der Waals surface area contributed by atoms with E-state index in [4.69, 9.17) is 11.6 Å². The fraction of sp³-hybridized carbons (Fsp3) is 0.400. The first-order valence-corrected chi connectivity index (χ1v) is 8.26. The Morgan fingerprint density at radius 2 is 2.19 bits per heavy atom. The molecule has 2 atom stereocenters. The maximum atomic E-state index is 13.6. The molecule has 1 unspecified atom stereocenters. The van der Waals surface area contributed by atoms with Crippen molar-refractivity contribution in [3.05, 3.63) is 46.2 Å². The Bertz CT molecular complexity index is 626. The van der Waals surface area contributed by atoms with Crippen molar-refractivity contribution in [2.75, 3.05) is 0 Å². The van der Waals surface area contributed by atoms with Crippen LogP contribution in [0.1, 0.15) is 30.2 Å². The van der Waals surface area contributed by atoms with Gasteiger partial charge in [0.2, 0.25) is 5.91 Å². The monoisotopic (exact) mass is 324 g/mol. The van der Waals surface area contributed by atoms with Gasteiger partial charge in [0.25, 0.3) is 0 Å². The minimum absolute atomic E-state index is 0.0347. The van der Waals surface area contributed by atoms with E-state index < -0.39 is 0 Å². The number of hydrogen-bond donors (Lipinski definition) is 1. The lowest BCUT2D eigenvalue weighted by molar-refractivity contribution is -0.123. The molecule has 1 aromatic carbocycles. The molecule has 3 aliphatic rings. The van der Waals surface area contributed by atoms with Crippen LogP contribution in [-0.2, 0) is 4.79 Å². The summed E-state index contributed by atoms with van der Waals surface area (Å²) in [7, 11) is 0. The number of carbonyl (C=O) groups is 1. The van der Waals surface area contributed by atoms with Crippen LogP contribution in [0.4, 0.5) is 4.39 Å². The molecule has 2 fully saturated rings. The van der Waals surface area contributed by atoms with Gasteiger partial charge in [-0.05, 0) is 48.4 Å². The second-order valence-electron chi connectivity index (χ2n) is 5.91. The van der Waals surface area contributed by atoms with Crippen LogP contribution in [0.5, 0.6) is 0 Å². The van der Waals surface area contributed by atoms with Crippen molar-refractivity contribution in [2.45, 2.75) is 36.2 Å². The van der Waals surface area contributed by atoms with Gasteiger partial charge in [0.15, 0.2) is 0 Å². The van der Waals surface area contributed by atoms with E-state index in [0.717, 1.165) is 24.8 Å². The molecule has 6 heteroatoms. The SMILES string of the molecule is O=C1NC2(CC2)CC1N1C=CS[C@@H]1c1cc(F)cc(Cl)c1. The highest BCUT2D eigenvalue weighted by molar-refractivity contribution is 8.02. The van der Waals surface area contributed by atoms with E-state index in [1.54, 1.807) is 17.8 Å². The average molecular weight is 325 g/mol. The lowest BCUT2D eigenvalue weighted by atomic mass is 10.1. The summed E-state index contributed by atoms with van der Waals surface area (Å²) in [5.74, 6) is -0.272. The first-order chi connectivity index (χ1) is 10.1. The second-order valence-corrected chi connectivity index (χ2v) is 7.34. The minimum atomic E-state index is -0.348. The van der Waals surface area contributed by atoms with Crippen LogP contribution in [0, 0.1) is 5.82 Å². The maximum absolute atomic E-state index is 13.6. The highest BCUT2D eigenvalue weighted by Crippen LogP contribution is 2.48. The first kappa shape index (κ1) is 13.5. The van der Waals surface area contributed by atoms with E-state index >= 15 is 0 Å². The Balaban J connectivity index is 1.62. The molecule has 0 aromatic heterocycles. The second kappa shape index (κ2) is 4.65. The third kappa shape index (κ3) is 2.32. The van der Waals surface area contributed by atoms with Crippen molar-refractivity contribution in [3.63, 3.8) is 0 Å². The van der Waals surface area contributed by atoms with Gasteiger partial charge in [0.1, 0.15) is 17.2 Å². The van der Waals surface area contributed by atoms with Crippen LogP contribution in [0.2, 0.25) is 5.02 Å². The van der Waals surface area contributed by atoms with Gasteiger partial charge in [-0.15, -0.1) is 11.8 Å². The highest BCUT2D eigenvalue weighted by Gasteiger charge is 2.54. The summed E-state index contributed by atoms with van der Waals surface area (Å²) in [6.45, 7) is 0. The molecule has 1 saturated heterocycles. The van der Waals surface area contributed by atoms with Crippen molar-refractivity contribution in [2.24, 2.45) is 0 Å². The number of halogens is 2. The lowest BCUT2D eigenvalue weighted by Crippen LogP contribution is -2.37.